The molecule has 154 valence electrons. The van der Waals surface area contributed by atoms with Crippen LogP contribution in [0.15, 0.2) is 60.9 Å². The van der Waals surface area contributed by atoms with E-state index in [0.717, 1.165) is 58.5 Å². The Morgan fingerprint density at radius 2 is 2.00 bits per heavy atom. The average Bonchev–Trinajstić information content (AvgIpc) is 3.45. The standard InChI is InChI=1S/C25H23N5O/c1-30-15-21-10-20(6-7-24(21)29-30)25-23(19-4-2-17(12-26)3-5-19)11-22(14-28-25)31-16-18-8-9-27-13-18/h2-7,10-11,14-15,18,27H,8-9,13,16H2,1H3. The Balaban J connectivity index is 1.55. The lowest BCUT2D eigenvalue weighted by Crippen LogP contribution is -2.15. The number of nitrogens with one attached hydrogen (secondary N) is 1. The van der Waals surface area contributed by atoms with Gasteiger partial charge in [0.15, 0.2) is 0 Å². The fourth-order valence-electron chi connectivity index (χ4n) is 4.07. The summed E-state index contributed by atoms with van der Waals surface area (Å²) in [7, 11) is 1.92. The van der Waals surface area contributed by atoms with E-state index in [1.54, 1.807) is 6.20 Å². The molecule has 0 bridgehead atoms. The van der Waals surface area contributed by atoms with Crippen molar-refractivity contribution in [3.05, 3.63) is 66.5 Å². The van der Waals surface area contributed by atoms with Gasteiger partial charge in [0.25, 0.3) is 0 Å². The first-order valence-electron chi connectivity index (χ1n) is 10.5. The highest BCUT2D eigenvalue weighted by molar-refractivity contribution is 5.88. The molecule has 0 spiro atoms. The number of nitrogens with zero attached hydrogens (tertiary/aromatic N) is 4. The summed E-state index contributed by atoms with van der Waals surface area (Å²) in [4.78, 5) is 4.79. The summed E-state index contributed by atoms with van der Waals surface area (Å²) >= 11 is 0. The van der Waals surface area contributed by atoms with Crippen molar-refractivity contribution >= 4 is 10.9 Å². The Morgan fingerprint density at radius 1 is 1.16 bits per heavy atom. The molecule has 3 heterocycles. The molecule has 2 aromatic carbocycles. The lowest BCUT2D eigenvalue weighted by Gasteiger charge is -2.14. The number of hydrogen-bond acceptors (Lipinski definition) is 5. The summed E-state index contributed by atoms with van der Waals surface area (Å²) in [6, 6.07) is 18.0. The van der Waals surface area contributed by atoms with Crippen LogP contribution in [0, 0.1) is 17.2 Å². The molecule has 31 heavy (non-hydrogen) atoms. The minimum atomic E-state index is 0.533. The number of hydrogen-bond donors (Lipinski definition) is 1. The smallest absolute Gasteiger partial charge is 0.138 e. The van der Waals surface area contributed by atoms with Crippen LogP contribution >= 0.6 is 0 Å². The fourth-order valence-corrected chi connectivity index (χ4v) is 4.07. The van der Waals surface area contributed by atoms with Gasteiger partial charge in [0.05, 0.1) is 35.6 Å². The second-order valence-electron chi connectivity index (χ2n) is 8.00. The molecule has 0 saturated carbocycles. The predicted octanol–water partition coefficient (Wildman–Crippen LogP) is 4.16. The zero-order chi connectivity index (χ0) is 21.2. The number of rotatable bonds is 5. The van der Waals surface area contributed by atoms with Crippen LogP contribution in [0.25, 0.3) is 33.3 Å². The minimum absolute atomic E-state index is 0.533. The van der Waals surface area contributed by atoms with Gasteiger partial charge in [-0.1, -0.05) is 18.2 Å². The van der Waals surface area contributed by atoms with Crippen molar-refractivity contribution in [2.24, 2.45) is 13.0 Å². The maximum Gasteiger partial charge on any atom is 0.138 e. The molecule has 1 atom stereocenters. The van der Waals surface area contributed by atoms with E-state index >= 15 is 0 Å². The van der Waals surface area contributed by atoms with Gasteiger partial charge >= 0.3 is 0 Å². The van der Waals surface area contributed by atoms with Crippen molar-refractivity contribution in [1.29, 1.82) is 5.26 Å². The third kappa shape index (κ3) is 4.00. The zero-order valence-corrected chi connectivity index (χ0v) is 17.4. The Morgan fingerprint density at radius 3 is 2.77 bits per heavy atom. The van der Waals surface area contributed by atoms with Gasteiger partial charge in [0.1, 0.15) is 5.75 Å². The first kappa shape index (κ1) is 19.3. The summed E-state index contributed by atoms with van der Waals surface area (Å²) in [5.41, 5.74) is 5.47. The molecule has 1 unspecified atom stereocenters. The van der Waals surface area contributed by atoms with Gasteiger partial charge in [0, 0.05) is 42.2 Å². The summed E-state index contributed by atoms with van der Waals surface area (Å²) in [5.74, 6) is 1.29. The molecule has 1 aliphatic rings. The number of aryl methyl sites for hydroxylation is 1. The second-order valence-corrected chi connectivity index (χ2v) is 8.00. The molecule has 0 aliphatic carbocycles. The van der Waals surface area contributed by atoms with Gasteiger partial charge in [0.2, 0.25) is 0 Å². The van der Waals surface area contributed by atoms with Crippen molar-refractivity contribution in [3.63, 3.8) is 0 Å². The molecule has 1 fully saturated rings. The van der Waals surface area contributed by atoms with Crippen LogP contribution in [-0.4, -0.2) is 34.5 Å². The van der Waals surface area contributed by atoms with E-state index in [1.165, 1.54) is 0 Å². The number of benzene rings is 2. The molecule has 0 radical (unpaired) electrons. The van der Waals surface area contributed by atoms with Crippen LogP contribution in [0.3, 0.4) is 0 Å². The number of pyridine rings is 1. The van der Waals surface area contributed by atoms with Crippen LogP contribution in [0.2, 0.25) is 0 Å². The summed E-state index contributed by atoms with van der Waals surface area (Å²) in [6.45, 7) is 2.74. The Bertz CT molecular complexity index is 1260. The molecule has 5 rings (SSSR count). The van der Waals surface area contributed by atoms with E-state index < -0.39 is 0 Å². The third-order valence-corrected chi connectivity index (χ3v) is 5.73. The van der Waals surface area contributed by atoms with E-state index in [9.17, 15) is 0 Å². The van der Waals surface area contributed by atoms with Gasteiger partial charge in [-0.15, -0.1) is 0 Å². The predicted molar refractivity (Wildman–Crippen MR) is 121 cm³/mol. The summed E-state index contributed by atoms with van der Waals surface area (Å²) < 4.78 is 7.91. The molecule has 2 aromatic heterocycles. The highest BCUT2D eigenvalue weighted by Crippen LogP contribution is 2.34. The Labute approximate surface area is 181 Å². The van der Waals surface area contributed by atoms with Gasteiger partial charge in [-0.2, -0.15) is 10.4 Å². The van der Waals surface area contributed by atoms with E-state index in [1.807, 2.05) is 48.3 Å². The lowest BCUT2D eigenvalue weighted by molar-refractivity contribution is 0.259. The van der Waals surface area contributed by atoms with Crippen LogP contribution < -0.4 is 10.1 Å². The SMILES string of the molecule is Cn1cc2cc(-c3ncc(OCC4CCNC4)cc3-c3ccc(C#N)cc3)ccc2n1. The molecule has 6 heteroatoms. The number of aromatic nitrogens is 3. The molecule has 0 amide bonds. The topological polar surface area (TPSA) is 75.8 Å². The first-order valence-corrected chi connectivity index (χ1v) is 10.5. The summed E-state index contributed by atoms with van der Waals surface area (Å²) in [5, 5.41) is 18.1. The van der Waals surface area contributed by atoms with Crippen molar-refractivity contribution in [2.45, 2.75) is 6.42 Å². The maximum atomic E-state index is 9.16. The molecular formula is C25H23N5O. The Hall–Kier alpha value is -3.69. The van der Waals surface area contributed by atoms with Crippen molar-refractivity contribution < 1.29 is 4.74 Å². The normalized spacial score (nSPS) is 15.8. The highest BCUT2D eigenvalue weighted by Gasteiger charge is 2.17. The molecule has 1 N–H and O–H groups in total. The van der Waals surface area contributed by atoms with Crippen LogP contribution in [-0.2, 0) is 7.05 Å². The second kappa shape index (κ2) is 8.21. The number of fused-ring (bicyclic) bond motifs is 1. The monoisotopic (exact) mass is 409 g/mol. The van der Waals surface area contributed by atoms with E-state index in [0.29, 0.717) is 18.1 Å². The first-order chi connectivity index (χ1) is 15.2. The van der Waals surface area contributed by atoms with E-state index in [2.05, 4.69) is 34.7 Å². The van der Waals surface area contributed by atoms with Crippen LogP contribution in [0.5, 0.6) is 5.75 Å². The average molecular weight is 409 g/mol. The van der Waals surface area contributed by atoms with Crippen LogP contribution in [0.1, 0.15) is 12.0 Å². The minimum Gasteiger partial charge on any atom is -0.492 e. The largest absolute Gasteiger partial charge is 0.492 e. The van der Waals surface area contributed by atoms with E-state index in [-0.39, 0.29) is 0 Å². The van der Waals surface area contributed by atoms with Crippen molar-refractivity contribution in [2.75, 3.05) is 19.7 Å². The van der Waals surface area contributed by atoms with Gasteiger partial charge in [-0.3, -0.25) is 9.67 Å². The molecular weight excluding hydrogens is 386 g/mol. The Kier molecular flexibility index (Phi) is 5.11. The molecule has 1 saturated heterocycles. The fraction of sp³-hybridized carbons (Fsp3) is 0.240. The van der Waals surface area contributed by atoms with Crippen molar-refractivity contribution in [3.8, 4) is 34.2 Å². The lowest BCUT2D eigenvalue weighted by atomic mass is 9.97. The zero-order valence-electron chi connectivity index (χ0n) is 17.4. The summed E-state index contributed by atoms with van der Waals surface area (Å²) in [6.07, 6.45) is 4.95. The number of ether oxygens (including phenoxy) is 1. The quantitative estimate of drug-likeness (QED) is 0.536. The van der Waals surface area contributed by atoms with Crippen LogP contribution in [0.4, 0.5) is 0 Å². The molecule has 1 aliphatic heterocycles. The number of nitriles is 1. The maximum absolute atomic E-state index is 9.16. The van der Waals surface area contributed by atoms with Crippen molar-refractivity contribution in [1.82, 2.24) is 20.1 Å². The van der Waals surface area contributed by atoms with Gasteiger partial charge in [-0.25, -0.2) is 0 Å². The van der Waals surface area contributed by atoms with Gasteiger partial charge < -0.3 is 10.1 Å². The van der Waals surface area contributed by atoms with Gasteiger partial charge in [-0.05, 0) is 48.9 Å². The highest BCUT2D eigenvalue weighted by atomic mass is 16.5. The molecule has 6 nitrogen and oxygen atoms in total. The molecule has 4 aromatic rings. The van der Waals surface area contributed by atoms with E-state index in [4.69, 9.17) is 15.0 Å². The third-order valence-electron chi connectivity index (χ3n) is 5.73.